The predicted octanol–water partition coefficient (Wildman–Crippen LogP) is 0.865. The smallest absolute Gasteiger partial charge is 0.271 e. The van der Waals surface area contributed by atoms with Crippen LogP contribution in [0.2, 0.25) is 0 Å². The van der Waals surface area contributed by atoms with Gasteiger partial charge in [0.1, 0.15) is 0 Å². The highest BCUT2D eigenvalue weighted by Gasteiger charge is 2.17. The minimum atomic E-state index is -0.124. The van der Waals surface area contributed by atoms with E-state index in [1.54, 1.807) is 20.4 Å². The van der Waals surface area contributed by atoms with Crippen LogP contribution in [0.4, 0.5) is 5.82 Å². The number of hydrogen-bond donors (Lipinski definition) is 2. The van der Waals surface area contributed by atoms with Gasteiger partial charge in [-0.15, -0.1) is 0 Å². The SMILES string of the molecule is CNC(=O)c1c(NC)ncn1C(C)C. The molecule has 1 heterocycles. The quantitative estimate of drug-likeness (QED) is 0.754. The maximum atomic E-state index is 11.6. The van der Waals surface area contributed by atoms with Gasteiger partial charge < -0.3 is 15.2 Å². The molecule has 0 radical (unpaired) electrons. The van der Waals surface area contributed by atoms with E-state index < -0.39 is 0 Å². The minimum Gasteiger partial charge on any atom is -0.371 e. The van der Waals surface area contributed by atoms with E-state index in [4.69, 9.17) is 0 Å². The van der Waals surface area contributed by atoms with Crippen molar-refractivity contribution in [3.8, 4) is 0 Å². The van der Waals surface area contributed by atoms with Gasteiger partial charge in [0.15, 0.2) is 11.5 Å². The van der Waals surface area contributed by atoms with E-state index in [0.717, 1.165) is 0 Å². The lowest BCUT2D eigenvalue weighted by atomic mass is 10.3. The predicted molar refractivity (Wildman–Crippen MR) is 55.5 cm³/mol. The molecule has 0 aromatic carbocycles. The number of rotatable bonds is 3. The Balaban J connectivity index is 3.19. The second-order valence-electron chi connectivity index (χ2n) is 3.27. The molecule has 5 heteroatoms. The van der Waals surface area contributed by atoms with Crippen LogP contribution in [0.3, 0.4) is 0 Å². The van der Waals surface area contributed by atoms with Crippen molar-refractivity contribution in [2.75, 3.05) is 19.4 Å². The van der Waals surface area contributed by atoms with Crippen molar-refractivity contribution >= 4 is 11.7 Å². The average Bonchev–Trinajstić information content (AvgIpc) is 2.59. The summed E-state index contributed by atoms with van der Waals surface area (Å²) in [5.74, 6) is 0.485. The number of hydrogen-bond acceptors (Lipinski definition) is 3. The fourth-order valence-electron chi connectivity index (χ4n) is 1.28. The maximum absolute atomic E-state index is 11.6. The zero-order valence-electron chi connectivity index (χ0n) is 8.96. The summed E-state index contributed by atoms with van der Waals surface area (Å²) in [5.41, 5.74) is 0.574. The number of aromatic nitrogens is 2. The number of nitrogens with one attached hydrogen (secondary N) is 2. The Morgan fingerprint density at radius 2 is 2.14 bits per heavy atom. The van der Waals surface area contributed by atoms with Crippen LogP contribution in [0.5, 0.6) is 0 Å². The number of nitrogens with zero attached hydrogens (tertiary/aromatic N) is 2. The number of carbonyl (C=O) groups is 1. The molecule has 2 N–H and O–H groups in total. The van der Waals surface area contributed by atoms with Crippen molar-refractivity contribution in [1.29, 1.82) is 0 Å². The fourth-order valence-corrected chi connectivity index (χ4v) is 1.28. The molecular formula is C9H16N4O. The molecule has 78 valence electrons. The van der Waals surface area contributed by atoms with E-state index >= 15 is 0 Å². The highest BCUT2D eigenvalue weighted by Crippen LogP contribution is 2.17. The van der Waals surface area contributed by atoms with Gasteiger partial charge in [0.2, 0.25) is 0 Å². The molecule has 0 bridgehead atoms. The first-order valence-electron chi connectivity index (χ1n) is 4.58. The van der Waals surface area contributed by atoms with E-state index in [9.17, 15) is 4.79 Å². The number of carbonyl (C=O) groups excluding carboxylic acids is 1. The third-order valence-electron chi connectivity index (χ3n) is 2.03. The van der Waals surface area contributed by atoms with E-state index in [-0.39, 0.29) is 11.9 Å². The van der Waals surface area contributed by atoms with Gasteiger partial charge in [-0.3, -0.25) is 4.79 Å². The second kappa shape index (κ2) is 4.13. The summed E-state index contributed by atoms with van der Waals surface area (Å²) in [6.07, 6.45) is 1.67. The average molecular weight is 196 g/mol. The van der Waals surface area contributed by atoms with Crippen LogP contribution in [-0.2, 0) is 0 Å². The van der Waals surface area contributed by atoms with Gasteiger partial charge in [0, 0.05) is 20.1 Å². The molecule has 0 fully saturated rings. The topological polar surface area (TPSA) is 59.0 Å². The highest BCUT2D eigenvalue weighted by atomic mass is 16.1. The maximum Gasteiger partial charge on any atom is 0.271 e. The lowest BCUT2D eigenvalue weighted by Crippen LogP contribution is -2.23. The molecule has 5 nitrogen and oxygen atoms in total. The lowest BCUT2D eigenvalue weighted by molar-refractivity contribution is 0.0953. The minimum absolute atomic E-state index is 0.124. The van der Waals surface area contributed by atoms with Gasteiger partial charge in [-0.25, -0.2) is 4.98 Å². The third-order valence-corrected chi connectivity index (χ3v) is 2.03. The molecule has 0 spiro atoms. The van der Waals surface area contributed by atoms with E-state index in [1.807, 2.05) is 18.4 Å². The summed E-state index contributed by atoms with van der Waals surface area (Å²) in [5, 5.41) is 5.49. The molecule has 0 atom stereocenters. The van der Waals surface area contributed by atoms with E-state index in [2.05, 4.69) is 15.6 Å². The van der Waals surface area contributed by atoms with Gasteiger partial charge in [-0.2, -0.15) is 0 Å². The Hall–Kier alpha value is -1.52. The molecule has 0 aliphatic rings. The Morgan fingerprint density at radius 3 is 2.57 bits per heavy atom. The van der Waals surface area contributed by atoms with Crippen LogP contribution in [0.15, 0.2) is 6.33 Å². The Bertz CT molecular complexity index is 330. The van der Waals surface area contributed by atoms with Gasteiger partial charge in [0.05, 0.1) is 6.33 Å². The number of amides is 1. The first-order chi connectivity index (χ1) is 6.61. The number of anilines is 1. The van der Waals surface area contributed by atoms with E-state index in [0.29, 0.717) is 11.5 Å². The van der Waals surface area contributed by atoms with Crippen molar-refractivity contribution in [3.63, 3.8) is 0 Å². The van der Waals surface area contributed by atoms with Gasteiger partial charge in [-0.1, -0.05) is 0 Å². The standard InChI is InChI=1S/C9H16N4O/c1-6(2)13-5-12-8(10-3)7(13)9(14)11-4/h5-6,10H,1-4H3,(H,11,14). The summed E-state index contributed by atoms with van der Waals surface area (Å²) < 4.78 is 1.84. The molecular weight excluding hydrogens is 180 g/mol. The normalized spacial score (nSPS) is 10.4. The molecule has 0 aliphatic heterocycles. The summed E-state index contributed by atoms with van der Waals surface area (Å²) >= 11 is 0. The van der Waals surface area contributed by atoms with Gasteiger partial charge in [-0.05, 0) is 13.8 Å². The van der Waals surface area contributed by atoms with Crippen LogP contribution < -0.4 is 10.6 Å². The summed E-state index contributed by atoms with van der Waals surface area (Å²) in [7, 11) is 3.36. The molecule has 1 rings (SSSR count). The first kappa shape index (κ1) is 10.6. The molecule has 1 aromatic heterocycles. The van der Waals surface area contributed by atoms with Crippen molar-refractivity contribution in [1.82, 2.24) is 14.9 Å². The van der Waals surface area contributed by atoms with Crippen molar-refractivity contribution in [3.05, 3.63) is 12.0 Å². The van der Waals surface area contributed by atoms with Gasteiger partial charge in [0.25, 0.3) is 5.91 Å². The van der Waals surface area contributed by atoms with Crippen molar-refractivity contribution < 1.29 is 4.79 Å². The zero-order valence-corrected chi connectivity index (χ0v) is 8.96. The summed E-state index contributed by atoms with van der Waals surface area (Å²) in [6.45, 7) is 4.01. The summed E-state index contributed by atoms with van der Waals surface area (Å²) in [4.78, 5) is 15.7. The third kappa shape index (κ3) is 1.71. The number of imidazole rings is 1. The van der Waals surface area contributed by atoms with Crippen LogP contribution in [0, 0.1) is 0 Å². The Labute approximate surface area is 83.5 Å². The second-order valence-corrected chi connectivity index (χ2v) is 3.27. The highest BCUT2D eigenvalue weighted by molar-refractivity contribution is 5.97. The van der Waals surface area contributed by atoms with E-state index in [1.165, 1.54) is 0 Å². The fraction of sp³-hybridized carbons (Fsp3) is 0.556. The van der Waals surface area contributed by atoms with Crippen molar-refractivity contribution in [2.24, 2.45) is 0 Å². The molecule has 0 unspecified atom stereocenters. The monoisotopic (exact) mass is 196 g/mol. The van der Waals surface area contributed by atoms with Crippen molar-refractivity contribution in [2.45, 2.75) is 19.9 Å². The first-order valence-corrected chi connectivity index (χ1v) is 4.58. The molecule has 1 amide bonds. The Kier molecular flexibility index (Phi) is 3.11. The zero-order chi connectivity index (χ0) is 10.7. The van der Waals surface area contributed by atoms with Crippen LogP contribution in [0.1, 0.15) is 30.4 Å². The molecule has 14 heavy (non-hydrogen) atoms. The summed E-state index contributed by atoms with van der Waals surface area (Å²) in [6, 6.07) is 0.219. The van der Waals surface area contributed by atoms with Crippen LogP contribution >= 0.6 is 0 Å². The lowest BCUT2D eigenvalue weighted by Gasteiger charge is -2.11. The molecule has 0 saturated carbocycles. The van der Waals surface area contributed by atoms with Crippen LogP contribution in [0.25, 0.3) is 0 Å². The van der Waals surface area contributed by atoms with Crippen LogP contribution in [-0.4, -0.2) is 29.6 Å². The molecule has 0 aliphatic carbocycles. The van der Waals surface area contributed by atoms with Gasteiger partial charge >= 0.3 is 0 Å². The Morgan fingerprint density at radius 1 is 1.50 bits per heavy atom. The largest absolute Gasteiger partial charge is 0.371 e. The molecule has 0 saturated heterocycles. The molecule has 1 aromatic rings.